The second kappa shape index (κ2) is 5.86. The number of carbonyl (C=O) groups excluding carboxylic acids is 2. The van der Waals surface area contributed by atoms with Crippen LogP contribution in [0.5, 0.6) is 0 Å². The number of amides is 2. The van der Waals surface area contributed by atoms with Crippen LogP contribution in [0.1, 0.15) is 23.2 Å². The Bertz CT molecular complexity index is 605. The lowest BCUT2D eigenvalue weighted by atomic mass is 9.97. The van der Waals surface area contributed by atoms with Crippen LogP contribution in [0, 0.1) is 21.8 Å². The number of halogens is 1. The van der Waals surface area contributed by atoms with Gasteiger partial charge < -0.3 is 10.6 Å². The maximum Gasteiger partial charge on any atom is 0.272 e. The highest BCUT2D eigenvalue weighted by Gasteiger charge is 2.29. The minimum absolute atomic E-state index is 0.143. The topological polar surface area (TPSA) is 107 Å². The smallest absolute Gasteiger partial charge is 0.272 e. The molecule has 1 heterocycles. The Balaban J connectivity index is 2.20. The Morgan fingerprint density at radius 1 is 1.43 bits per heavy atom. The third-order valence-electron chi connectivity index (χ3n) is 3.50. The number of nitro groups is 1. The predicted molar refractivity (Wildman–Crippen MR) is 70.9 cm³/mol. The van der Waals surface area contributed by atoms with Gasteiger partial charge in [-0.3, -0.25) is 19.7 Å². The Labute approximate surface area is 119 Å². The fraction of sp³-hybridized carbons (Fsp3) is 0.385. The van der Waals surface area contributed by atoms with E-state index in [9.17, 15) is 24.1 Å². The maximum atomic E-state index is 13.8. The van der Waals surface area contributed by atoms with Gasteiger partial charge in [0.15, 0.2) is 0 Å². The molecule has 0 saturated carbocycles. The van der Waals surface area contributed by atoms with E-state index in [0.717, 1.165) is 12.1 Å². The SMILES string of the molecule is NC(=O)[C@H]1CCCN(C(=O)c2ccc([N+](=O)[O-])cc2F)C1. The first-order chi connectivity index (χ1) is 9.90. The highest BCUT2D eigenvalue weighted by atomic mass is 19.1. The van der Waals surface area contributed by atoms with E-state index < -0.39 is 34.2 Å². The van der Waals surface area contributed by atoms with Crippen molar-refractivity contribution in [1.82, 2.24) is 4.90 Å². The number of nitro benzene ring substituents is 1. The van der Waals surface area contributed by atoms with Crippen LogP contribution in [0.15, 0.2) is 18.2 Å². The third kappa shape index (κ3) is 3.15. The van der Waals surface area contributed by atoms with Gasteiger partial charge in [-0.2, -0.15) is 0 Å². The summed E-state index contributed by atoms with van der Waals surface area (Å²) >= 11 is 0. The van der Waals surface area contributed by atoms with E-state index in [-0.39, 0.29) is 12.1 Å². The highest BCUT2D eigenvalue weighted by Crippen LogP contribution is 2.22. The number of piperidine rings is 1. The molecule has 0 radical (unpaired) electrons. The highest BCUT2D eigenvalue weighted by molar-refractivity contribution is 5.95. The van der Waals surface area contributed by atoms with Crippen molar-refractivity contribution in [1.29, 1.82) is 0 Å². The fourth-order valence-electron chi connectivity index (χ4n) is 2.36. The molecule has 2 amide bonds. The number of nitrogens with two attached hydrogens (primary N) is 1. The van der Waals surface area contributed by atoms with Crippen LogP contribution in [0.4, 0.5) is 10.1 Å². The number of primary amides is 1. The van der Waals surface area contributed by atoms with Crippen molar-refractivity contribution < 1.29 is 18.9 Å². The van der Waals surface area contributed by atoms with Gasteiger partial charge >= 0.3 is 0 Å². The molecular formula is C13H14FN3O4. The quantitative estimate of drug-likeness (QED) is 0.664. The molecule has 1 aromatic rings. The van der Waals surface area contributed by atoms with Crippen LogP contribution < -0.4 is 5.73 Å². The minimum atomic E-state index is -0.949. The van der Waals surface area contributed by atoms with E-state index in [1.54, 1.807) is 0 Å². The minimum Gasteiger partial charge on any atom is -0.369 e. The van der Waals surface area contributed by atoms with Crippen molar-refractivity contribution in [3.63, 3.8) is 0 Å². The van der Waals surface area contributed by atoms with Crippen LogP contribution in [0.25, 0.3) is 0 Å². The predicted octanol–water partition coefficient (Wildman–Crippen LogP) is 1.07. The number of hydrogen-bond donors (Lipinski definition) is 1. The lowest BCUT2D eigenvalue weighted by Crippen LogP contribution is -2.44. The molecule has 21 heavy (non-hydrogen) atoms. The summed E-state index contributed by atoms with van der Waals surface area (Å²) in [6.45, 7) is 0.545. The van der Waals surface area contributed by atoms with Crippen LogP contribution in [0.3, 0.4) is 0 Å². The Hall–Kier alpha value is -2.51. The molecule has 112 valence electrons. The first-order valence-electron chi connectivity index (χ1n) is 6.42. The molecular weight excluding hydrogens is 281 g/mol. The van der Waals surface area contributed by atoms with Gasteiger partial charge in [0.05, 0.1) is 22.5 Å². The van der Waals surface area contributed by atoms with Gasteiger partial charge in [-0.15, -0.1) is 0 Å². The normalized spacial score (nSPS) is 18.3. The van der Waals surface area contributed by atoms with E-state index >= 15 is 0 Å². The van der Waals surface area contributed by atoms with Crippen molar-refractivity contribution in [2.24, 2.45) is 11.7 Å². The molecule has 2 N–H and O–H groups in total. The molecule has 0 bridgehead atoms. The second-order valence-electron chi connectivity index (χ2n) is 4.91. The summed E-state index contributed by atoms with van der Waals surface area (Å²) in [4.78, 5) is 34.6. The summed E-state index contributed by atoms with van der Waals surface area (Å²) in [6, 6.07) is 2.87. The lowest BCUT2D eigenvalue weighted by molar-refractivity contribution is -0.385. The zero-order valence-corrected chi connectivity index (χ0v) is 11.1. The molecule has 1 aromatic carbocycles. The first kappa shape index (κ1) is 14.9. The summed E-state index contributed by atoms with van der Waals surface area (Å²) in [6.07, 6.45) is 1.20. The van der Waals surface area contributed by atoms with Crippen molar-refractivity contribution in [2.45, 2.75) is 12.8 Å². The molecule has 1 aliphatic heterocycles. The van der Waals surface area contributed by atoms with Crippen LogP contribution in [0.2, 0.25) is 0 Å². The average molecular weight is 295 g/mol. The summed E-state index contributed by atoms with van der Waals surface area (Å²) in [5, 5.41) is 10.5. The molecule has 0 aliphatic carbocycles. The average Bonchev–Trinajstić information content (AvgIpc) is 2.46. The Kier molecular flexibility index (Phi) is 4.15. The molecule has 1 saturated heterocycles. The largest absolute Gasteiger partial charge is 0.369 e. The third-order valence-corrected chi connectivity index (χ3v) is 3.50. The molecule has 2 rings (SSSR count). The number of non-ortho nitro benzene ring substituents is 1. The van der Waals surface area contributed by atoms with Gasteiger partial charge in [0, 0.05) is 19.2 Å². The number of carbonyl (C=O) groups is 2. The number of hydrogen-bond acceptors (Lipinski definition) is 4. The van der Waals surface area contributed by atoms with E-state index in [1.807, 2.05) is 0 Å². The van der Waals surface area contributed by atoms with E-state index in [2.05, 4.69) is 0 Å². The van der Waals surface area contributed by atoms with E-state index in [1.165, 1.54) is 4.90 Å². The molecule has 8 heteroatoms. The maximum absolute atomic E-state index is 13.8. The van der Waals surface area contributed by atoms with Crippen molar-refractivity contribution >= 4 is 17.5 Å². The van der Waals surface area contributed by atoms with Gasteiger partial charge in [0.1, 0.15) is 5.82 Å². The number of benzene rings is 1. The van der Waals surface area contributed by atoms with Crippen molar-refractivity contribution in [2.75, 3.05) is 13.1 Å². The van der Waals surface area contributed by atoms with Gasteiger partial charge in [0.2, 0.25) is 5.91 Å². The summed E-state index contributed by atoms with van der Waals surface area (Å²) in [5.74, 6) is -2.47. The molecule has 1 fully saturated rings. The molecule has 0 aromatic heterocycles. The van der Waals surface area contributed by atoms with Gasteiger partial charge in [-0.1, -0.05) is 0 Å². The molecule has 1 atom stereocenters. The second-order valence-corrected chi connectivity index (χ2v) is 4.91. The molecule has 7 nitrogen and oxygen atoms in total. The van der Waals surface area contributed by atoms with Gasteiger partial charge in [0.25, 0.3) is 11.6 Å². The fourth-order valence-corrected chi connectivity index (χ4v) is 2.36. The monoisotopic (exact) mass is 295 g/mol. The summed E-state index contributed by atoms with van der Waals surface area (Å²) in [7, 11) is 0. The molecule has 1 aliphatic rings. The van der Waals surface area contributed by atoms with Gasteiger partial charge in [-0.25, -0.2) is 4.39 Å². The van der Waals surface area contributed by atoms with Gasteiger partial charge in [-0.05, 0) is 18.9 Å². The zero-order chi connectivity index (χ0) is 15.6. The standard InChI is InChI=1S/C13H14FN3O4/c14-11-6-9(17(20)21)3-4-10(11)13(19)16-5-1-2-8(7-16)12(15)18/h3-4,6,8H,1-2,5,7H2,(H2,15,18)/t8-/m0/s1. The van der Waals surface area contributed by atoms with Crippen LogP contribution >= 0.6 is 0 Å². The molecule has 0 unspecified atom stereocenters. The van der Waals surface area contributed by atoms with E-state index in [4.69, 9.17) is 5.73 Å². The first-order valence-corrected chi connectivity index (χ1v) is 6.42. The Morgan fingerprint density at radius 3 is 2.71 bits per heavy atom. The van der Waals surface area contributed by atoms with Crippen LogP contribution in [-0.4, -0.2) is 34.7 Å². The van der Waals surface area contributed by atoms with E-state index in [0.29, 0.717) is 25.5 Å². The zero-order valence-electron chi connectivity index (χ0n) is 11.1. The number of likely N-dealkylation sites (tertiary alicyclic amines) is 1. The number of rotatable bonds is 3. The van der Waals surface area contributed by atoms with Crippen molar-refractivity contribution in [3.8, 4) is 0 Å². The Morgan fingerprint density at radius 2 is 2.14 bits per heavy atom. The number of nitrogens with zero attached hydrogens (tertiary/aromatic N) is 2. The summed E-state index contributed by atoms with van der Waals surface area (Å²) in [5.41, 5.74) is 4.56. The molecule has 0 spiro atoms. The lowest BCUT2D eigenvalue weighted by Gasteiger charge is -2.31. The summed E-state index contributed by atoms with van der Waals surface area (Å²) < 4.78 is 13.8. The van der Waals surface area contributed by atoms with Crippen molar-refractivity contribution in [3.05, 3.63) is 39.7 Å². The van der Waals surface area contributed by atoms with Crippen LogP contribution in [-0.2, 0) is 4.79 Å².